The molecule has 138 valence electrons. The minimum Gasteiger partial charge on any atom is -0.496 e. The Hall–Kier alpha value is -2.04. The number of benzene rings is 1. The first-order valence-electron chi connectivity index (χ1n) is 9.03. The third kappa shape index (κ3) is 4.53. The quantitative estimate of drug-likeness (QED) is 0.845. The SMILES string of the molecule is CCc1cc(C(=O)N2CCCN(C(=O)C(C)(C)C)CC2)ccc1OC. The molecular formula is C20H30N2O3. The molecule has 1 aromatic carbocycles. The highest BCUT2D eigenvalue weighted by atomic mass is 16.5. The largest absolute Gasteiger partial charge is 0.496 e. The van der Waals surface area contributed by atoms with E-state index in [9.17, 15) is 9.59 Å². The zero-order chi connectivity index (χ0) is 18.6. The van der Waals surface area contributed by atoms with Gasteiger partial charge in [0.15, 0.2) is 0 Å². The lowest BCUT2D eigenvalue weighted by molar-refractivity contribution is -0.139. The van der Waals surface area contributed by atoms with Gasteiger partial charge in [-0.05, 0) is 36.6 Å². The zero-order valence-corrected chi connectivity index (χ0v) is 16.1. The van der Waals surface area contributed by atoms with E-state index in [0.29, 0.717) is 31.7 Å². The van der Waals surface area contributed by atoms with Crippen molar-refractivity contribution in [3.8, 4) is 5.75 Å². The molecule has 2 rings (SSSR count). The van der Waals surface area contributed by atoms with E-state index in [4.69, 9.17) is 4.74 Å². The van der Waals surface area contributed by atoms with Crippen LogP contribution in [0.2, 0.25) is 0 Å². The van der Waals surface area contributed by atoms with Crippen molar-refractivity contribution in [2.24, 2.45) is 5.41 Å². The van der Waals surface area contributed by atoms with Crippen molar-refractivity contribution < 1.29 is 14.3 Å². The normalized spacial score (nSPS) is 15.7. The van der Waals surface area contributed by atoms with Crippen LogP contribution >= 0.6 is 0 Å². The molecule has 5 nitrogen and oxygen atoms in total. The van der Waals surface area contributed by atoms with Crippen LogP contribution in [0.4, 0.5) is 0 Å². The molecule has 1 aliphatic rings. The van der Waals surface area contributed by atoms with Crippen LogP contribution in [0.15, 0.2) is 18.2 Å². The number of hydrogen-bond donors (Lipinski definition) is 0. The van der Waals surface area contributed by atoms with Crippen molar-refractivity contribution >= 4 is 11.8 Å². The number of aryl methyl sites for hydroxylation is 1. The number of rotatable bonds is 3. The monoisotopic (exact) mass is 346 g/mol. The molecule has 0 spiro atoms. The summed E-state index contributed by atoms with van der Waals surface area (Å²) in [5, 5.41) is 0. The van der Waals surface area contributed by atoms with Gasteiger partial charge in [0.2, 0.25) is 5.91 Å². The standard InChI is InChI=1S/C20H30N2O3/c1-6-15-14-16(8-9-17(15)25-5)18(23)21-10-7-11-22(13-12-21)19(24)20(2,3)4/h8-9,14H,6-7,10-13H2,1-5H3. The maximum absolute atomic E-state index is 12.9. The first kappa shape index (κ1) is 19.3. The lowest BCUT2D eigenvalue weighted by Crippen LogP contribution is -2.42. The molecule has 0 unspecified atom stereocenters. The van der Waals surface area contributed by atoms with E-state index < -0.39 is 0 Å². The van der Waals surface area contributed by atoms with Crippen molar-refractivity contribution in [2.75, 3.05) is 33.3 Å². The average Bonchev–Trinajstić information content (AvgIpc) is 2.84. The topological polar surface area (TPSA) is 49.9 Å². The summed E-state index contributed by atoms with van der Waals surface area (Å²) >= 11 is 0. The van der Waals surface area contributed by atoms with Crippen molar-refractivity contribution in [1.29, 1.82) is 0 Å². The molecule has 1 fully saturated rings. The van der Waals surface area contributed by atoms with Gasteiger partial charge in [0.05, 0.1) is 7.11 Å². The van der Waals surface area contributed by atoms with E-state index in [1.807, 2.05) is 55.7 Å². The molecule has 0 saturated carbocycles. The second kappa shape index (κ2) is 7.89. The molecule has 25 heavy (non-hydrogen) atoms. The Morgan fingerprint density at radius 2 is 1.72 bits per heavy atom. The molecule has 0 bridgehead atoms. The van der Waals surface area contributed by atoms with Gasteiger partial charge >= 0.3 is 0 Å². The van der Waals surface area contributed by atoms with Gasteiger partial charge in [-0.3, -0.25) is 9.59 Å². The summed E-state index contributed by atoms with van der Waals surface area (Å²) < 4.78 is 5.34. The number of hydrogen-bond acceptors (Lipinski definition) is 3. The lowest BCUT2D eigenvalue weighted by atomic mass is 9.94. The highest BCUT2D eigenvalue weighted by Gasteiger charge is 2.29. The van der Waals surface area contributed by atoms with Crippen LogP contribution in [0.25, 0.3) is 0 Å². The van der Waals surface area contributed by atoms with Crippen LogP contribution in [0.1, 0.15) is 50.0 Å². The van der Waals surface area contributed by atoms with E-state index >= 15 is 0 Å². The maximum Gasteiger partial charge on any atom is 0.253 e. The summed E-state index contributed by atoms with van der Waals surface area (Å²) in [4.78, 5) is 29.1. The van der Waals surface area contributed by atoms with Crippen LogP contribution < -0.4 is 4.74 Å². The number of methoxy groups -OCH3 is 1. The van der Waals surface area contributed by atoms with Gasteiger partial charge in [0.1, 0.15) is 5.75 Å². The second-order valence-corrected chi connectivity index (χ2v) is 7.57. The fourth-order valence-electron chi connectivity index (χ4n) is 3.17. The molecule has 5 heteroatoms. The van der Waals surface area contributed by atoms with Gasteiger partial charge in [-0.1, -0.05) is 27.7 Å². The van der Waals surface area contributed by atoms with Gasteiger partial charge < -0.3 is 14.5 Å². The highest BCUT2D eigenvalue weighted by molar-refractivity contribution is 5.94. The van der Waals surface area contributed by atoms with Gasteiger partial charge in [0.25, 0.3) is 5.91 Å². The molecule has 0 radical (unpaired) electrons. The summed E-state index contributed by atoms with van der Waals surface area (Å²) in [7, 11) is 1.64. The molecule has 1 aromatic rings. The summed E-state index contributed by atoms with van der Waals surface area (Å²) in [5.41, 5.74) is 1.34. The smallest absolute Gasteiger partial charge is 0.253 e. The molecule has 1 heterocycles. The van der Waals surface area contributed by atoms with E-state index in [0.717, 1.165) is 24.2 Å². The van der Waals surface area contributed by atoms with Gasteiger partial charge in [0, 0.05) is 37.2 Å². The molecule has 1 aliphatic heterocycles. The number of nitrogens with zero attached hydrogens (tertiary/aromatic N) is 2. The van der Waals surface area contributed by atoms with E-state index in [2.05, 4.69) is 0 Å². The number of ether oxygens (including phenoxy) is 1. The van der Waals surface area contributed by atoms with Crippen LogP contribution in [0, 0.1) is 5.41 Å². The molecule has 2 amide bonds. The van der Waals surface area contributed by atoms with E-state index in [1.165, 1.54) is 0 Å². The van der Waals surface area contributed by atoms with Crippen LogP contribution in [0.5, 0.6) is 5.75 Å². The minimum atomic E-state index is -0.384. The molecule has 0 aromatic heterocycles. The summed E-state index contributed by atoms with van der Waals surface area (Å²) in [6, 6.07) is 5.60. The third-order valence-electron chi connectivity index (χ3n) is 4.62. The Balaban J connectivity index is 2.10. The third-order valence-corrected chi connectivity index (χ3v) is 4.62. The second-order valence-electron chi connectivity index (χ2n) is 7.57. The molecule has 0 aliphatic carbocycles. The fourth-order valence-corrected chi connectivity index (χ4v) is 3.17. The van der Waals surface area contributed by atoms with Crippen LogP contribution in [-0.2, 0) is 11.2 Å². The number of amides is 2. The van der Waals surface area contributed by atoms with Gasteiger partial charge in [-0.25, -0.2) is 0 Å². The van der Waals surface area contributed by atoms with Gasteiger partial charge in [-0.15, -0.1) is 0 Å². The average molecular weight is 346 g/mol. The van der Waals surface area contributed by atoms with Crippen LogP contribution in [-0.4, -0.2) is 54.9 Å². The molecule has 1 saturated heterocycles. The molecular weight excluding hydrogens is 316 g/mol. The summed E-state index contributed by atoms with van der Waals surface area (Å²) in [5.74, 6) is 0.999. The Bertz CT molecular complexity index is 634. The summed E-state index contributed by atoms with van der Waals surface area (Å²) in [6.45, 7) is 10.4. The highest BCUT2D eigenvalue weighted by Crippen LogP contribution is 2.22. The zero-order valence-electron chi connectivity index (χ0n) is 16.1. The predicted octanol–water partition coefficient (Wildman–Crippen LogP) is 2.98. The number of carbonyl (C=O) groups is 2. The van der Waals surface area contributed by atoms with E-state index in [1.54, 1.807) is 7.11 Å². The predicted molar refractivity (Wildman–Crippen MR) is 98.9 cm³/mol. The maximum atomic E-state index is 12.9. The van der Waals surface area contributed by atoms with Crippen molar-refractivity contribution in [1.82, 2.24) is 9.80 Å². The minimum absolute atomic E-state index is 0.0300. The fraction of sp³-hybridized carbons (Fsp3) is 0.600. The Labute approximate surface area is 150 Å². The molecule has 0 N–H and O–H groups in total. The lowest BCUT2D eigenvalue weighted by Gasteiger charge is -2.28. The Morgan fingerprint density at radius 3 is 2.32 bits per heavy atom. The Morgan fingerprint density at radius 1 is 1.08 bits per heavy atom. The summed E-state index contributed by atoms with van der Waals surface area (Å²) in [6.07, 6.45) is 1.63. The number of carbonyl (C=O) groups excluding carboxylic acids is 2. The van der Waals surface area contributed by atoms with Crippen LogP contribution in [0.3, 0.4) is 0 Å². The Kier molecular flexibility index (Phi) is 6.09. The first-order valence-corrected chi connectivity index (χ1v) is 9.03. The first-order chi connectivity index (χ1) is 11.8. The van der Waals surface area contributed by atoms with Gasteiger partial charge in [-0.2, -0.15) is 0 Å². The van der Waals surface area contributed by atoms with Crippen molar-refractivity contribution in [3.63, 3.8) is 0 Å². The van der Waals surface area contributed by atoms with Crippen molar-refractivity contribution in [2.45, 2.75) is 40.5 Å². The van der Waals surface area contributed by atoms with E-state index in [-0.39, 0.29) is 17.2 Å². The van der Waals surface area contributed by atoms with Crippen molar-refractivity contribution in [3.05, 3.63) is 29.3 Å². The molecule has 0 atom stereocenters.